The first-order chi connectivity index (χ1) is 10.3. The Morgan fingerprint density at radius 3 is 2.50 bits per heavy atom. The average Bonchev–Trinajstić information content (AvgIpc) is 2.43. The molecule has 1 aromatic rings. The van der Waals surface area contributed by atoms with Gasteiger partial charge in [0.05, 0.1) is 23.5 Å². The van der Waals surface area contributed by atoms with Crippen molar-refractivity contribution in [2.24, 2.45) is 4.99 Å². The number of halogens is 3. The molecule has 1 aromatic carbocycles. The third kappa shape index (κ3) is 3.89. The molecule has 2 N–H and O–H groups in total. The average molecular weight is 317 g/mol. The summed E-state index contributed by atoms with van der Waals surface area (Å²) in [5.74, 6) is 0. The van der Waals surface area contributed by atoms with E-state index in [1.807, 2.05) is 13.8 Å². The highest BCUT2D eigenvalue weighted by Gasteiger charge is 2.36. The molecule has 0 spiro atoms. The maximum atomic E-state index is 13.3. The largest absolute Gasteiger partial charge is 0.418 e. The van der Waals surface area contributed by atoms with Gasteiger partial charge in [-0.3, -0.25) is 10.7 Å². The van der Waals surface area contributed by atoms with Crippen molar-refractivity contribution >= 4 is 17.7 Å². The minimum Gasteiger partial charge on any atom is -0.372 e. The molecular weight excluding hydrogens is 299 g/mol. The zero-order valence-electron chi connectivity index (χ0n) is 12.3. The first-order valence-electron chi connectivity index (χ1n) is 6.85. The Hall–Kier alpha value is -1.80. The van der Waals surface area contributed by atoms with E-state index < -0.39 is 11.7 Å². The summed E-state index contributed by atoms with van der Waals surface area (Å²) in [7, 11) is 0. The second-order valence-electron chi connectivity index (χ2n) is 5.25. The number of hydroxylamine groups is 1. The Kier molecular flexibility index (Phi) is 4.92. The van der Waals surface area contributed by atoms with Gasteiger partial charge >= 0.3 is 6.18 Å². The van der Waals surface area contributed by atoms with Crippen LogP contribution in [0, 0.1) is 0 Å². The van der Waals surface area contributed by atoms with Gasteiger partial charge in [-0.05, 0) is 32.0 Å². The third-order valence-electron chi connectivity index (χ3n) is 3.32. The number of aliphatic imine (C=N–C) groups is 1. The van der Waals surface area contributed by atoms with Crippen molar-refractivity contribution in [1.29, 1.82) is 0 Å². The number of ether oxygens (including phenoxy) is 1. The number of anilines is 1. The van der Waals surface area contributed by atoms with Crippen LogP contribution in [0.15, 0.2) is 23.2 Å². The quantitative estimate of drug-likeness (QED) is 0.511. The van der Waals surface area contributed by atoms with Gasteiger partial charge in [-0.25, -0.2) is 4.99 Å². The molecule has 122 valence electrons. The predicted molar refractivity (Wildman–Crippen MR) is 76.7 cm³/mol. The van der Waals surface area contributed by atoms with Crippen LogP contribution in [0.3, 0.4) is 0 Å². The number of nitrogens with one attached hydrogen (secondary N) is 1. The smallest absolute Gasteiger partial charge is 0.372 e. The zero-order valence-corrected chi connectivity index (χ0v) is 12.3. The van der Waals surface area contributed by atoms with Crippen molar-refractivity contribution in [3.63, 3.8) is 0 Å². The summed E-state index contributed by atoms with van der Waals surface area (Å²) < 4.78 is 45.5. The Labute approximate surface area is 126 Å². The zero-order chi connectivity index (χ0) is 16.3. The summed E-state index contributed by atoms with van der Waals surface area (Å²) in [5.41, 5.74) is 1.14. The first-order valence-corrected chi connectivity index (χ1v) is 6.85. The first kappa shape index (κ1) is 16.6. The molecular formula is C14H18F3N3O2. The van der Waals surface area contributed by atoms with E-state index >= 15 is 0 Å². The fraction of sp³-hybridized carbons (Fsp3) is 0.500. The summed E-state index contributed by atoms with van der Waals surface area (Å²) in [4.78, 5) is 5.37. The van der Waals surface area contributed by atoms with Crippen LogP contribution >= 0.6 is 0 Å². The van der Waals surface area contributed by atoms with Gasteiger partial charge in [0.2, 0.25) is 0 Å². The fourth-order valence-electron chi connectivity index (χ4n) is 2.59. The maximum absolute atomic E-state index is 13.3. The molecule has 22 heavy (non-hydrogen) atoms. The highest BCUT2D eigenvalue weighted by atomic mass is 19.4. The van der Waals surface area contributed by atoms with E-state index in [-0.39, 0.29) is 23.6 Å². The Morgan fingerprint density at radius 2 is 1.95 bits per heavy atom. The molecule has 1 fully saturated rings. The van der Waals surface area contributed by atoms with Gasteiger partial charge in [0.1, 0.15) is 6.34 Å². The third-order valence-corrected chi connectivity index (χ3v) is 3.32. The lowest BCUT2D eigenvalue weighted by Gasteiger charge is -2.38. The molecule has 2 rings (SSSR count). The summed E-state index contributed by atoms with van der Waals surface area (Å²) in [5, 5.41) is 8.43. The van der Waals surface area contributed by atoms with Gasteiger partial charge < -0.3 is 9.64 Å². The van der Waals surface area contributed by atoms with Gasteiger partial charge in [0.25, 0.3) is 0 Å². The van der Waals surface area contributed by atoms with E-state index in [2.05, 4.69) is 4.99 Å². The molecule has 2 unspecified atom stereocenters. The maximum Gasteiger partial charge on any atom is 0.418 e. The highest BCUT2D eigenvalue weighted by Crippen LogP contribution is 2.39. The Bertz CT molecular complexity index is 539. The van der Waals surface area contributed by atoms with Crippen LogP contribution in [0.4, 0.5) is 24.5 Å². The second kappa shape index (κ2) is 6.53. The van der Waals surface area contributed by atoms with Gasteiger partial charge in [-0.2, -0.15) is 13.2 Å². The van der Waals surface area contributed by atoms with E-state index in [9.17, 15) is 13.2 Å². The molecule has 0 aromatic heterocycles. The van der Waals surface area contributed by atoms with Crippen molar-refractivity contribution in [3.05, 3.63) is 23.8 Å². The topological polar surface area (TPSA) is 57.1 Å². The molecule has 0 aliphatic carbocycles. The predicted octanol–water partition coefficient (Wildman–Crippen LogP) is 2.96. The molecule has 1 aliphatic heterocycles. The molecule has 0 radical (unpaired) electrons. The number of benzene rings is 1. The molecule has 0 saturated carbocycles. The van der Waals surface area contributed by atoms with Crippen LogP contribution in [0.2, 0.25) is 0 Å². The number of morpholine rings is 1. The van der Waals surface area contributed by atoms with Crippen LogP contribution in [-0.4, -0.2) is 36.8 Å². The second-order valence-corrected chi connectivity index (χ2v) is 5.25. The van der Waals surface area contributed by atoms with Gasteiger partial charge in [0, 0.05) is 18.8 Å². The van der Waals surface area contributed by atoms with Crippen molar-refractivity contribution in [3.8, 4) is 0 Å². The number of nitrogens with zero attached hydrogens (tertiary/aromatic N) is 2. The minimum atomic E-state index is -4.49. The van der Waals surface area contributed by atoms with E-state index in [1.165, 1.54) is 12.1 Å². The Morgan fingerprint density at radius 1 is 1.32 bits per heavy atom. The normalized spacial score (nSPS) is 23.1. The summed E-state index contributed by atoms with van der Waals surface area (Å²) >= 11 is 0. The molecule has 0 amide bonds. The number of hydrogen-bond acceptors (Lipinski definition) is 4. The standard InChI is InChI=1S/C14H18F3N3O2/c1-9-6-20(7-10(2)22-9)13-4-3-11(18-8-19-21)5-12(13)14(15,16)17/h3-5,8-10,21H,6-7H2,1-2H3,(H,18,19). The van der Waals surface area contributed by atoms with Gasteiger partial charge in [0.15, 0.2) is 0 Å². The van der Waals surface area contributed by atoms with Crippen LogP contribution in [0.1, 0.15) is 19.4 Å². The molecule has 1 heterocycles. The molecule has 1 saturated heterocycles. The molecule has 5 nitrogen and oxygen atoms in total. The van der Waals surface area contributed by atoms with Crippen LogP contribution in [0.25, 0.3) is 0 Å². The lowest BCUT2D eigenvalue weighted by molar-refractivity contribution is -0.137. The summed E-state index contributed by atoms with van der Waals surface area (Å²) in [6, 6.07) is 3.84. The fourth-order valence-corrected chi connectivity index (χ4v) is 2.59. The highest BCUT2D eigenvalue weighted by molar-refractivity contribution is 5.65. The van der Waals surface area contributed by atoms with E-state index in [4.69, 9.17) is 9.94 Å². The molecule has 1 aliphatic rings. The minimum absolute atomic E-state index is 0.104. The van der Waals surface area contributed by atoms with Crippen molar-refractivity contribution in [2.45, 2.75) is 32.2 Å². The van der Waals surface area contributed by atoms with Gasteiger partial charge in [-0.1, -0.05) is 0 Å². The van der Waals surface area contributed by atoms with Crippen molar-refractivity contribution in [1.82, 2.24) is 5.48 Å². The van der Waals surface area contributed by atoms with Gasteiger partial charge in [-0.15, -0.1) is 0 Å². The molecule has 8 heteroatoms. The molecule has 2 atom stereocenters. The van der Waals surface area contributed by atoms with E-state index in [1.54, 1.807) is 10.4 Å². The van der Waals surface area contributed by atoms with Crippen LogP contribution in [0.5, 0.6) is 0 Å². The SMILES string of the molecule is CC1CN(c2ccc(N=CNO)cc2C(F)(F)F)CC(C)O1. The number of hydrogen-bond donors (Lipinski definition) is 2. The lowest BCUT2D eigenvalue weighted by Crippen LogP contribution is -2.46. The van der Waals surface area contributed by atoms with Crippen molar-refractivity contribution < 1.29 is 23.1 Å². The van der Waals surface area contributed by atoms with Crippen molar-refractivity contribution in [2.75, 3.05) is 18.0 Å². The van der Waals surface area contributed by atoms with E-state index in [0.29, 0.717) is 13.1 Å². The summed E-state index contributed by atoms with van der Waals surface area (Å²) in [6.45, 7) is 4.46. The number of rotatable bonds is 3. The summed E-state index contributed by atoms with van der Waals surface area (Å²) in [6.07, 6.45) is -3.85. The van der Waals surface area contributed by atoms with Crippen LogP contribution < -0.4 is 10.4 Å². The molecule has 0 bridgehead atoms. The van der Waals surface area contributed by atoms with E-state index in [0.717, 1.165) is 12.4 Å². The lowest BCUT2D eigenvalue weighted by atomic mass is 10.1. The number of alkyl halides is 3. The Balaban J connectivity index is 2.39. The van der Waals surface area contributed by atoms with Crippen LogP contribution in [-0.2, 0) is 10.9 Å². The monoisotopic (exact) mass is 317 g/mol.